The van der Waals surface area contributed by atoms with E-state index in [-0.39, 0.29) is 18.2 Å². The van der Waals surface area contributed by atoms with Crippen molar-refractivity contribution in [3.63, 3.8) is 0 Å². The Labute approximate surface area is 180 Å². The van der Waals surface area contributed by atoms with Gasteiger partial charge in [-0.3, -0.25) is 19.3 Å². The van der Waals surface area contributed by atoms with Crippen LogP contribution in [0.4, 0.5) is 4.79 Å². The molecular formula is C21H26ClN3O5. The maximum absolute atomic E-state index is 13.0. The zero-order valence-corrected chi connectivity index (χ0v) is 17.8. The van der Waals surface area contributed by atoms with Crippen molar-refractivity contribution in [2.24, 2.45) is 5.92 Å². The van der Waals surface area contributed by atoms with Crippen molar-refractivity contribution in [3.05, 3.63) is 34.9 Å². The van der Waals surface area contributed by atoms with Crippen LogP contribution in [0.3, 0.4) is 0 Å². The van der Waals surface area contributed by atoms with Crippen molar-refractivity contribution in [2.75, 3.05) is 13.7 Å². The highest BCUT2D eigenvalue weighted by Crippen LogP contribution is 2.38. The number of nitrogens with zero attached hydrogens (tertiary/aromatic N) is 1. The lowest BCUT2D eigenvalue weighted by atomic mass is 9.73. The number of benzene rings is 1. The lowest BCUT2D eigenvalue weighted by Gasteiger charge is -2.36. The molecule has 30 heavy (non-hydrogen) atoms. The number of halogens is 1. The first-order valence-electron chi connectivity index (χ1n) is 10.0. The van der Waals surface area contributed by atoms with E-state index >= 15 is 0 Å². The Hall–Kier alpha value is -2.61. The summed E-state index contributed by atoms with van der Waals surface area (Å²) in [6.07, 6.45) is 3.21. The van der Waals surface area contributed by atoms with Crippen molar-refractivity contribution in [1.29, 1.82) is 0 Å². The maximum atomic E-state index is 13.0. The van der Waals surface area contributed by atoms with Crippen LogP contribution < -0.4 is 10.6 Å². The van der Waals surface area contributed by atoms with Crippen LogP contribution in [0.15, 0.2) is 24.3 Å². The van der Waals surface area contributed by atoms with E-state index in [0.717, 1.165) is 24.2 Å². The third-order valence-corrected chi connectivity index (χ3v) is 6.26. The van der Waals surface area contributed by atoms with E-state index in [1.165, 1.54) is 7.11 Å². The number of amides is 4. The summed E-state index contributed by atoms with van der Waals surface area (Å²) in [5, 5.41) is 6.08. The first-order chi connectivity index (χ1) is 14.3. The van der Waals surface area contributed by atoms with Gasteiger partial charge in [-0.1, -0.05) is 43.5 Å². The summed E-state index contributed by atoms with van der Waals surface area (Å²) < 4.78 is 4.72. The molecule has 1 aliphatic heterocycles. The van der Waals surface area contributed by atoms with E-state index in [0.29, 0.717) is 17.0 Å². The molecule has 2 N–H and O–H groups in total. The molecule has 1 heterocycles. The smallest absolute Gasteiger partial charge is 0.325 e. The number of nitrogens with one attached hydrogen (secondary N) is 2. The first kappa shape index (κ1) is 22.1. The molecule has 1 aromatic rings. The predicted octanol–water partition coefficient (Wildman–Crippen LogP) is 2.56. The van der Waals surface area contributed by atoms with Gasteiger partial charge in [0.2, 0.25) is 5.91 Å². The van der Waals surface area contributed by atoms with Gasteiger partial charge in [0.15, 0.2) is 0 Å². The van der Waals surface area contributed by atoms with Gasteiger partial charge in [0, 0.05) is 5.02 Å². The maximum Gasteiger partial charge on any atom is 0.325 e. The van der Waals surface area contributed by atoms with Crippen molar-refractivity contribution >= 4 is 35.4 Å². The van der Waals surface area contributed by atoms with Gasteiger partial charge in [-0.05, 0) is 36.5 Å². The zero-order valence-electron chi connectivity index (χ0n) is 17.1. The van der Waals surface area contributed by atoms with E-state index in [4.69, 9.17) is 16.3 Å². The first-order valence-corrected chi connectivity index (χ1v) is 10.4. The molecule has 2 fully saturated rings. The highest BCUT2D eigenvalue weighted by atomic mass is 35.5. The molecule has 3 rings (SSSR count). The summed E-state index contributed by atoms with van der Waals surface area (Å²) in [6, 6.07) is 5.47. The Morgan fingerprint density at radius 2 is 2.00 bits per heavy atom. The lowest BCUT2D eigenvalue weighted by molar-refractivity contribution is -0.142. The van der Waals surface area contributed by atoms with Gasteiger partial charge in [0.1, 0.15) is 12.1 Å². The molecule has 2 aliphatic rings. The third-order valence-electron chi connectivity index (χ3n) is 6.01. The minimum atomic E-state index is -0.919. The van der Waals surface area contributed by atoms with Crippen molar-refractivity contribution in [2.45, 2.75) is 50.6 Å². The van der Waals surface area contributed by atoms with Crippen LogP contribution in [0.25, 0.3) is 0 Å². The molecule has 4 amide bonds. The highest BCUT2D eigenvalue weighted by Gasteiger charge is 2.55. The SMILES string of the molecule is COC(=O)CC(NC(=O)CN1C(=O)NC2(CCCCC2C)C1=O)c1ccc(Cl)cc1. The number of urea groups is 1. The van der Waals surface area contributed by atoms with E-state index in [1.807, 2.05) is 6.92 Å². The molecule has 1 aliphatic carbocycles. The number of carbonyl (C=O) groups is 4. The number of hydrogen-bond acceptors (Lipinski definition) is 5. The standard InChI is InChI=1S/C21H26ClN3O5/c1-13-5-3-4-10-21(13)19(28)25(20(29)24-21)12-17(26)23-16(11-18(27)30-2)14-6-8-15(22)9-7-14/h6-9,13,16H,3-5,10-12H2,1-2H3,(H,23,26)(H,24,29). The van der Waals surface area contributed by atoms with Crippen LogP contribution >= 0.6 is 11.6 Å². The molecule has 8 nitrogen and oxygen atoms in total. The number of rotatable bonds is 6. The highest BCUT2D eigenvalue weighted by molar-refractivity contribution is 6.30. The molecule has 1 aromatic carbocycles. The van der Waals surface area contributed by atoms with Gasteiger partial charge in [0.05, 0.1) is 19.6 Å². The van der Waals surface area contributed by atoms with E-state index in [2.05, 4.69) is 10.6 Å². The molecule has 162 valence electrons. The van der Waals surface area contributed by atoms with Gasteiger partial charge >= 0.3 is 12.0 Å². The summed E-state index contributed by atoms with van der Waals surface area (Å²) in [5.41, 5.74) is -0.260. The normalized spacial score (nSPS) is 24.5. The van der Waals surface area contributed by atoms with Crippen LogP contribution in [-0.2, 0) is 19.1 Å². The molecule has 0 radical (unpaired) electrons. The molecular weight excluding hydrogens is 410 g/mol. The topological polar surface area (TPSA) is 105 Å². The Balaban J connectivity index is 1.71. The number of carbonyl (C=O) groups excluding carboxylic acids is 4. The quantitative estimate of drug-likeness (QED) is 0.527. The summed E-state index contributed by atoms with van der Waals surface area (Å²) in [5.74, 6) is -1.38. The molecule has 1 saturated carbocycles. The van der Waals surface area contributed by atoms with Crippen molar-refractivity contribution in [3.8, 4) is 0 Å². The van der Waals surface area contributed by atoms with Crippen LogP contribution in [0.2, 0.25) is 5.02 Å². The Bertz CT molecular complexity index is 844. The van der Waals surface area contributed by atoms with Crippen LogP contribution in [-0.4, -0.2) is 47.9 Å². The fraction of sp³-hybridized carbons (Fsp3) is 0.524. The van der Waals surface area contributed by atoms with E-state index in [1.54, 1.807) is 24.3 Å². The molecule has 9 heteroatoms. The largest absolute Gasteiger partial charge is 0.469 e. The third kappa shape index (κ3) is 4.43. The number of imide groups is 1. The Morgan fingerprint density at radius 3 is 2.63 bits per heavy atom. The fourth-order valence-electron chi connectivity index (χ4n) is 4.22. The average molecular weight is 436 g/mol. The second kappa shape index (κ2) is 9.04. The Kier molecular flexibility index (Phi) is 6.65. The molecule has 3 atom stereocenters. The lowest BCUT2D eigenvalue weighted by Crippen LogP contribution is -2.54. The van der Waals surface area contributed by atoms with Crippen LogP contribution in [0.5, 0.6) is 0 Å². The summed E-state index contributed by atoms with van der Waals surface area (Å²) in [7, 11) is 1.26. The number of hydrogen-bond donors (Lipinski definition) is 2. The molecule has 0 bridgehead atoms. The van der Waals surface area contributed by atoms with Crippen molar-refractivity contribution in [1.82, 2.24) is 15.5 Å². The van der Waals surface area contributed by atoms with E-state index in [9.17, 15) is 19.2 Å². The summed E-state index contributed by atoms with van der Waals surface area (Å²) >= 11 is 5.92. The van der Waals surface area contributed by atoms with Gasteiger partial charge < -0.3 is 15.4 Å². The number of esters is 1. The molecule has 1 spiro atoms. The van der Waals surface area contributed by atoms with Crippen LogP contribution in [0, 0.1) is 5.92 Å². The minimum Gasteiger partial charge on any atom is -0.469 e. The second-order valence-electron chi connectivity index (χ2n) is 7.89. The fourth-order valence-corrected chi connectivity index (χ4v) is 4.35. The van der Waals surface area contributed by atoms with Gasteiger partial charge in [-0.15, -0.1) is 0 Å². The monoisotopic (exact) mass is 435 g/mol. The van der Waals surface area contributed by atoms with Gasteiger partial charge in [-0.2, -0.15) is 0 Å². The summed E-state index contributed by atoms with van der Waals surface area (Å²) in [6.45, 7) is 1.54. The van der Waals surface area contributed by atoms with Gasteiger partial charge in [0.25, 0.3) is 5.91 Å². The minimum absolute atomic E-state index is 0.0110. The Morgan fingerprint density at radius 1 is 1.30 bits per heavy atom. The number of methoxy groups -OCH3 is 1. The molecule has 3 unspecified atom stereocenters. The molecule has 0 aromatic heterocycles. The van der Waals surface area contributed by atoms with E-state index < -0.39 is 36.0 Å². The van der Waals surface area contributed by atoms with Crippen LogP contribution in [0.1, 0.15) is 50.6 Å². The number of ether oxygens (including phenoxy) is 1. The van der Waals surface area contributed by atoms with Gasteiger partial charge in [-0.25, -0.2) is 4.79 Å². The van der Waals surface area contributed by atoms with Crippen molar-refractivity contribution < 1.29 is 23.9 Å². The average Bonchev–Trinajstić information content (AvgIpc) is 2.95. The summed E-state index contributed by atoms with van der Waals surface area (Å²) in [4.78, 5) is 51.0. The zero-order chi connectivity index (χ0) is 21.9. The second-order valence-corrected chi connectivity index (χ2v) is 8.33. The molecule has 1 saturated heterocycles. The predicted molar refractivity (Wildman–Crippen MR) is 110 cm³/mol.